The highest BCUT2D eigenvalue weighted by molar-refractivity contribution is 5.35. The van der Waals surface area contributed by atoms with Gasteiger partial charge in [0.2, 0.25) is 0 Å². The number of rotatable bonds is 10. The Hall–Kier alpha value is -1.14. The summed E-state index contributed by atoms with van der Waals surface area (Å²) >= 11 is 0. The number of hydrogen-bond donors (Lipinski definition) is 2. The van der Waals surface area contributed by atoms with Gasteiger partial charge in [-0.15, -0.1) is 0 Å². The van der Waals surface area contributed by atoms with Crippen molar-refractivity contribution in [1.82, 2.24) is 5.43 Å². The fourth-order valence-electron chi connectivity index (χ4n) is 2.17. The summed E-state index contributed by atoms with van der Waals surface area (Å²) in [6.07, 6.45) is 0.884. The molecule has 0 saturated heterocycles. The SMILES string of the molecule is COCCOc1ccccc1C(CC(C)COC)NN. The number of para-hydroxylation sites is 1. The molecule has 2 unspecified atom stereocenters. The van der Waals surface area contributed by atoms with Crippen molar-refractivity contribution in [2.45, 2.75) is 19.4 Å². The maximum Gasteiger partial charge on any atom is 0.124 e. The Kier molecular flexibility index (Phi) is 8.22. The minimum absolute atomic E-state index is 0.0406. The molecule has 0 amide bonds. The van der Waals surface area contributed by atoms with Crippen molar-refractivity contribution in [3.63, 3.8) is 0 Å². The maximum absolute atomic E-state index is 5.75. The molecule has 0 heterocycles. The first-order valence-corrected chi connectivity index (χ1v) is 6.88. The van der Waals surface area contributed by atoms with E-state index in [1.807, 2.05) is 24.3 Å². The molecule has 0 spiro atoms. The van der Waals surface area contributed by atoms with Gasteiger partial charge in [-0.1, -0.05) is 25.1 Å². The Morgan fingerprint density at radius 3 is 2.55 bits per heavy atom. The lowest BCUT2D eigenvalue weighted by atomic mass is 9.96. The Morgan fingerprint density at radius 1 is 1.15 bits per heavy atom. The van der Waals surface area contributed by atoms with E-state index < -0.39 is 0 Å². The van der Waals surface area contributed by atoms with Crippen LogP contribution in [0.2, 0.25) is 0 Å². The first-order valence-electron chi connectivity index (χ1n) is 6.88. The summed E-state index contributed by atoms with van der Waals surface area (Å²) in [5, 5.41) is 0. The maximum atomic E-state index is 5.75. The second-order valence-electron chi connectivity index (χ2n) is 4.89. The smallest absolute Gasteiger partial charge is 0.124 e. The first kappa shape index (κ1) is 16.9. The first-order chi connectivity index (χ1) is 9.72. The molecule has 0 aromatic heterocycles. The third-order valence-corrected chi connectivity index (χ3v) is 3.13. The van der Waals surface area contributed by atoms with Gasteiger partial charge < -0.3 is 14.2 Å². The second kappa shape index (κ2) is 9.72. The Balaban J connectivity index is 2.74. The molecule has 3 N–H and O–H groups in total. The van der Waals surface area contributed by atoms with Crippen molar-refractivity contribution in [1.29, 1.82) is 0 Å². The second-order valence-corrected chi connectivity index (χ2v) is 4.89. The minimum atomic E-state index is 0.0406. The largest absolute Gasteiger partial charge is 0.491 e. The van der Waals surface area contributed by atoms with E-state index in [1.54, 1.807) is 14.2 Å². The topological polar surface area (TPSA) is 65.7 Å². The fraction of sp³-hybridized carbons (Fsp3) is 0.600. The molecule has 0 bridgehead atoms. The summed E-state index contributed by atoms with van der Waals surface area (Å²) in [7, 11) is 3.37. The molecule has 0 saturated carbocycles. The van der Waals surface area contributed by atoms with E-state index in [0.29, 0.717) is 25.7 Å². The molecule has 0 radical (unpaired) electrons. The van der Waals surface area contributed by atoms with Crippen LogP contribution in [0.5, 0.6) is 5.75 Å². The number of hydrazine groups is 1. The molecule has 20 heavy (non-hydrogen) atoms. The molecule has 0 aliphatic rings. The summed E-state index contributed by atoms with van der Waals surface area (Å²) in [6.45, 7) is 3.95. The fourth-order valence-corrected chi connectivity index (χ4v) is 2.17. The summed E-state index contributed by atoms with van der Waals surface area (Å²) < 4.78 is 15.9. The third-order valence-electron chi connectivity index (χ3n) is 3.13. The Morgan fingerprint density at radius 2 is 1.90 bits per heavy atom. The van der Waals surface area contributed by atoms with Crippen LogP contribution in [0.15, 0.2) is 24.3 Å². The van der Waals surface area contributed by atoms with E-state index in [0.717, 1.165) is 17.7 Å². The van der Waals surface area contributed by atoms with Crippen LogP contribution >= 0.6 is 0 Å². The number of methoxy groups -OCH3 is 2. The summed E-state index contributed by atoms with van der Waals surface area (Å²) in [4.78, 5) is 0. The van der Waals surface area contributed by atoms with Crippen LogP contribution in [0.4, 0.5) is 0 Å². The Labute approximate surface area is 121 Å². The zero-order valence-corrected chi connectivity index (χ0v) is 12.6. The van der Waals surface area contributed by atoms with E-state index >= 15 is 0 Å². The van der Waals surface area contributed by atoms with Crippen molar-refractivity contribution >= 4 is 0 Å². The normalized spacial score (nSPS) is 14.0. The predicted molar refractivity (Wildman–Crippen MR) is 79.5 cm³/mol. The quantitative estimate of drug-likeness (QED) is 0.390. The summed E-state index contributed by atoms with van der Waals surface area (Å²) in [5.41, 5.74) is 3.94. The number of ether oxygens (including phenoxy) is 3. The molecule has 114 valence electrons. The van der Waals surface area contributed by atoms with Crippen LogP contribution in [0.25, 0.3) is 0 Å². The molecule has 1 rings (SSSR count). The van der Waals surface area contributed by atoms with Gasteiger partial charge in [-0.05, 0) is 18.4 Å². The predicted octanol–water partition coefficient (Wildman–Crippen LogP) is 1.89. The van der Waals surface area contributed by atoms with Gasteiger partial charge in [-0.2, -0.15) is 0 Å². The minimum Gasteiger partial charge on any atom is -0.491 e. The highest BCUT2D eigenvalue weighted by atomic mass is 16.5. The van der Waals surface area contributed by atoms with Gasteiger partial charge in [0, 0.05) is 32.4 Å². The lowest BCUT2D eigenvalue weighted by Crippen LogP contribution is -2.30. The molecule has 5 nitrogen and oxygen atoms in total. The van der Waals surface area contributed by atoms with Gasteiger partial charge >= 0.3 is 0 Å². The highest BCUT2D eigenvalue weighted by Crippen LogP contribution is 2.29. The average molecular weight is 282 g/mol. The monoisotopic (exact) mass is 282 g/mol. The summed E-state index contributed by atoms with van der Waals surface area (Å²) in [6, 6.07) is 7.98. The number of nitrogens with one attached hydrogen (secondary N) is 1. The van der Waals surface area contributed by atoms with Crippen molar-refractivity contribution in [2.75, 3.05) is 34.0 Å². The van der Waals surface area contributed by atoms with Crippen molar-refractivity contribution in [2.24, 2.45) is 11.8 Å². The van der Waals surface area contributed by atoms with Gasteiger partial charge in [0.05, 0.1) is 6.61 Å². The number of hydrogen-bond acceptors (Lipinski definition) is 5. The van der Waals surface area contributed by atoms with Gasteiger partial charge in [0.15, 0.2) is 0 Å². The van der Waals surface area contributed by atoms with Gasteiger partial charge in [-0.3, -0.25) is 11.3 Å². The van der Waals surface area contributed by atoms with Crippen LogP contribution in [0, 0.1) is 5.92 Å². The molecular formula is C15H26N2O3. The van der Waals surface area contributed by atoms with Crippen molar-refractivity contribution in [3.05, 3.63) is 29.8 Å². The van der Waals surface area contributed by atoms with Gasteiger partial charge in [0.1, 0.15) is 12.4 Å². The lowest BCUT2D eigenvalue weighted by molar-refractivity contribution is 0.142. The van der Waals surface area contributed by atoms with E-state index in [2.05, 4.69) is 12.3 Å². The van der Waals surface area contributed by atoms with E-state index in [9.17, 15) is 0 Å². The van der Waals surface area contributed by atoms with E-state index in [4.69, 9.17) is 20.1 Å². The van der Waals surface area contributed by atoms with Crippen molar-refractivity contribution < 1.29 is 14.2 Å². The lowest BCUT2D eigenvalue weighted by Gasteiger charge is -2.22. The molecule has 1 aromatic carbocycles. The third kappa shape index (κ3) is 5.46. The molecule has 0 aliphatic carbocycles. The molecular weight excluding hydrogens is 256 g/mol. The molecule has 0 aliphatic heterocycles. The number of nitrogens with two attached hydrogens (primary N) is 1. The molecule has 1 aromatic rings. The number of benzene rings is 1. The molecule has 2 atom stereocenters. The van der Waals surface area contributed by atoms with Crippen molar-refractivity contribution in [3.8, 4) is 5.75 Å². The standard InChI is InChI=1S/C15H26N2O3/c1-12(11-19-3)10-14(17-16)13-6-4-5-7-15(13)20-9-8-18-2/h4-7,12,14,17H,8-11,16H2,1-3H3. The average Bonchev–Trinajstić information content (AvgIpc) is 2.46. The van der Waals surface area contributed by atoms with Gasteiger partial charge in [0.25, 0.3) is 0 Å². The van der Waals surface area contributed by atoms with Crippen LogP contribution in [-0.2, 0) is 9.47 Å². The Bertz CT molecular complexity index is 374. The van der Waals surface area contributed by atoms with Crippen LogP contribution in [-0.4, -0.2) is 34.0 Å². The molecule has 0 fully saturated rings. The highest BCUT2D eigenvalue weighted by Gasteiger charge is 2.17. The summed E-state index contributed by atoms with van der Waals surface area (Å²) in [5.74, 6) is 6.96. The molecule has 5 heteroatoms. The van der Waals surface area contributed by atoms with Crippen LogP contribution in [0.3, 0.4) is 0 Å². The zero-order chi connectivity index (χ0) is 14.8. The van der Waals surface area contributed by atoms with Gasteiger partial charge in [-0.25, -0.2) is 0 Å². The van der Waals surface area contributed by atoms with E-state index in [-0.39, 0.29) is 6.04 Å². The zero-order valence-electron chi connectivity index (χ0n) is 12.6. The van der Waals surface area contributed by atoms with Crippen LogP contribution in [0.1, 0.15) is 24.9 Å². The van der Waals surface area contributed by atoms with Crippen LogP contribution < -0.4 is 16.0 Å². The van der Waals surface area contributed by atoms with E-state index in [1.165, 1.54) is 0 Å².